The molecule has 6 heteroatoms. The van der Waals surface area contributed by atoms with Crippen LogP contribution in [0, 0.1) is 17.5 Å². The number of rotatable bonds is 16. The quantitative estimate of drug-likeness (QED) is 0.125. The largest absolute Gasteiger partial charge is 0.324 e. The summed E-state index contributed by atoms with van der Waals surface area (Å²) < 4.78 is 60.5. The molecule has 0 amide bonds. The zero-order valence-corrected chi connectivity index (χ0v) is 23.6. The van der Waals surface area contributed by atoms with E-state index in [2.05, 4.69) is 6.92 Å². The highest BCUT2D eigenvalue weighted by Crippen LogP contribution is 2.41. The minimum atomic E-state index is -1.47. The maximum absolute atomic E-state index is 13.8. The lowest BCUT2D eigenvalue weighted by Gasteiger charge is -2.43. The lowest BCUT2D eigenvalue weighted by atomic mass is 9.88. The molecule has 2 rings (SSSR count). The zero-order valence-electron chi connectivity index (χ0n) is 23.6. The topological polar surface area (TPSA) is 27.7 Å². The highest BCUT2D eigenvalue weighted by atomic mass is 19.2. The molecule has 0 bridgehead atoms. The van der Waals surface area contributed by atoms with Gasteiger partial charge in [0.05, 0.1) is 24.2 Å². The van der Waals surface area contributed by atoms with E-state index in [1.54, 1.807) is 12.1 Å². The Hall–Kier alpha value is -1.89. The van der Waals surface area contributed by atoms with Gasteiger partial charge in [-0.25, -0.2) is 13.2 Å². The molecule has 0 aliphatic rings. The summed E-state index contributed by atoms with van der Waals surface area (Å²) in [4.78, 5) is 0. The third-order valence-electron chi connectivity index (χ3n) is 6.10. The molecule has 0 spiro atoms. The van der Waals surface area contributed by atoms with E-state index >= 15 is 0 Å². The van der Waals surface area contributed by atoms with Crippen LogP contribution in [0.1, 0.15) is 105 Å². The third-order valence-corrected chi connectivity index (χ3v) is 6.10. The smallest absolute Gasteiger partial charge is 0.290 e. The van der Waals surface area contributed by atoms with E-state index in [9.17, 15) is 13.2 Å². The molecular weight excluding hydrogens is 477 g/mol. The molecule has 1 atom stereocenters. The fourth-order valence-electron chi connectivity index (χ4n) is 4.62. The summed E-state index contributed by atoms with van der Waals surface area (Å²) in [6.07, 6.45) is 7.28. The van der Waals surface area contributed by atoms with Crippen molar-refractivity contribution >= 4 is 0 Å². The lowest BCUT2D eigenvalue weighted by Crippen LogP contribution is -2.49. The van der Waals surface area contributed by atoms with Gasteiger partial charge in [0.25, 0.3) is 5.97 Å². The molecule has 0 saturated heterocycles. The predicted molar refractivity (Wildman–Crippen MR) is 144 cm³/mol. The molecule has 1 unspecified atom stereocenters. The van der Waals surface area contributed by atoms with Gasteiger partial charge in [0, 0.05) is 0 Å². The van der Waals surface area contributed by atoms with Crippen LogP contribution in [0.25, 0.3) is 11.1 Å². The summed E-state index contributed by atoms with van der Waals surface area (Å²) >= 11 is 0. The Kier molecular flexibility index (Phi) is 12.6. The van der Waals surface area contributed by atoms with Gasteiger partial charge in [0.2, 0.25) is 0 Å². The highest BCUT2D eigenvalue weighted by Gasteiger charge is 2.46. The first kappa shape index (κ1) is 31.3. The predicted octanol–water partition coefficient (Wildman–Crippen LogP) is 9.53. The van der Waals surface area contributed by atoms with Crippen molar-refractivity contribution in [1.29, 1.82) is 0 Å². The van der Waals surface area contributed by atoms with Crippen LogP contribution < -0.4 is 0 Å². The average Bonchev–Trinajstić information content (AvgIpc) is 2.80. The maximum Gasteiger partial charge on any atom is 0.290 e. The van der Waals surface area contributed by atoms with Gasteiger partial charge in [-0.05, 0) is 76.8 Å². The normalized spacial score (nSPS) is 13.2. The van der Waals surface area contributed by atoms with Gasteiger partial charge < -0.3 is 14.2 Å². The molecule has 0 fully saturated rings. The van der Waals surface area contributed by atoms with E-state index < -0.39 is 23.4 Å². The number of unbranched alkanes of at least 4 members (excludes halogenated alkanes) is 5. The fraction of sp³-hybridized carbons (Fsp3) is 0.613. The molecular formula is C31H45F3O3. The Morgan fingerprint density at radius 3 is 1.57 bits per heavy atom. The second kappa shape index (κ2) is 14.9. The van der Waals surface area contributed by atoms with Crippen LogP contribution in [-0.2, 0) is 14.2 Å². The summed E-state index contributed by atoms with van der Waals surface area (Å²) in [6, 6.07) is 9.44. The summed E-state index contributed by atoms with van der Waals surface area (Å²) in [7, 11) is 0. The van der Waals surface area contributed by atoms with Gasteiger partial charge in [-0.1, -0.05) is 69.7 Å². The molecule has 0 radical (unpaired) electrons. The van der Waals surface area contributed by atoms with E-state index in [-0.39, 0.29) is 29.8 Å². The summed E-state index contributed by atoms with van der Waals surface area (Å²) in [5.74, 6) is -5.41. The van der Waals surface area contributed by atoms with E-state index in [0.29, 0.717) is 5.56 Å². The lowest BCUT2D eigenvalue weighted by molar-refractivity contribution is -0.420. The molecule has 3 nitrogen and oxygen atoms in total. The maximum atomic E-state index is 13.8. The first-order valence-corrected chi connectivity index (χ1v) is 13.8. The molecule has 2 aromatic rings. The Morgan fingerprint density at radius 2 is 1.11 bits per heavy atom. The first-order valence-electron chi connectivity index (χ1n) is 13.8. The van der Waals surface area contributed by atoms with E-state index in [4.69, 9.17) is 14.2 Å². The van der Waals surface area contributed by atoms with Crippen molar-refractivity contribution in [2.24, 2.45) is 0 Å². The van der Waals surface area contributed by atoms with Crippen LogP contribution in [0.15, 0.2) is 36.4 Å². The van der Waals surface area contributed by atoms with Crippen molar-refractivity contribution in [1.82, 2.24) is 0 Å². The summed E-state index contributed by atoms with van der Waals surface area (Å²) in [5, 5.41) is 0. The third kappa shape index (κ3) is 9.42. The molecule has 37 heavy (non-hydrogen) atoms. The van der Waals surface area contributed by atoms with Crippen molar-refractivity contribution in [3.63, 3.8) is 0 Å². The second-order valence-corrected chi connectivity index (χ2v) is 10.6. The second-order valence-electron chi connectivity index (χ2n) is 10.6. The zero-order chi connectivity index (χ0) is 27.6. The van der Waals surface area contributed by atoms with Crippen LogP contribution in [0.3, 0.4) is 0 Å². The van der Waals surface area contributed by atoms with Gasteiger partial charge in [-0.3, -0.25) is 0 Å². The summed E-state index contributed by atoms with van der Waals surface area (Å²) in [5.41, 5.74) is 1.81. The standard InChI is InChI=1S/C31H45F3O3/c1-8-9-10-11-12-13-14-27(31(35-21(2)3,36-22(4)5)37-23(6)7)25-17-15-24(16-18-25)26-19-28(32)30(34)29(33)20-26/h15-23,27H,8-14H2,1-7H3. The molecule has 0 saturated carbocycles. The van der Waals surface area contributed by atoms with Gasteiger partial charge in [-0.2, -0.15) is 0 Å². The Labute approximate surface area is 221 Å². The van der Waals surface area contributed by atoms with E-state index in [1.165, 1.54) is 25.7 Å². The molecule has 208 valence electrons. The van der Waals surface area contributed by atoms with Crippen LogP contribution in [0.5, 0.6) is 0 Å². The van der Waals surface area contributed by atoms with Gasteiger partial charge >= 0.3 is 0 Å². The van der Waals surface area contributed by atoms with Crippen LogP contribution >= 0.6 is 0 Å². The molecule has 0 heterocycles. The van der Waals surface area contributed by atoms with Crippen LogP contribution in [0.4, 0.5) is 13.2 Å². The van der Waals surface area contributed by atoms with E-state index in [0.717, 1.165) is 37.0 Å². The Balaban J connectivity index is 2.47. The van der Waals surface area contributed by atoms with Crippen LogP contribution in [0.2, 0.25) is 0 Å². The number of hydrogen-bond acceptors (Lipinski definition) is 3. The van der Waals surface area contributed by atoms with Gasteiger partial charge in [0.1, 0.15) is 0 Å². The van der Waals surface area contributed by atoms with Crippen LogP contribution in [-0.4, -0.2) is 24.3 Å². The number of benzene rings is 2. The monoisotopic (exact) mass is 522 g/mol. The SMILES string of the molecule is CCCCCCCCC(c1ccc(-c2cc(F)c(F)c(F)c2)cc1)C(OC(C)C)(OC(C)C)OC(C)C. The molecule has 2 aromatic carbocycles. The fourth-order valence-corrected chi connectivity index (χ4v) is 4.62. The number of hydrogen-bond donors (Lipinski definition) is 0. The highest BCUT2D eigenvalue weighted by molar-refractivity contribution is 5.64. The minimum absolute atomic E-state index is 0.144. The van der Waals surface area contributed by atoms with Crippen molar-refractivity contribution in [2.45, 2.75) is 124 Å². The summed E-state index contributed by atoms with van der Waals surface area (Å²) in [6.45, 7) is 14.0. The van der Waals surface area contributed by atoms with Gasteiger partial charge in [-0.15, -0.1) is 0 Å². The molecule has 0 aliphatic carbocycles. The van der Waals surface area contributed by atoms with Crippen molar-refractivity contribution in [3.05, 3.63) is 59.4 Å². The first-order chi connectivity index (χ1) is 17.5. The molecule has 0 aliphatic heterocycles. The van der Waals surface area contributed by atoms with Crippen molar-refractivity contribution < 1.29 is 27.4 Å². The van der Waals surface area contributed by atoms with E-state index in [1.807, 2.05) is 53.7 Å². The van der Waals surface area contributed by atoms with Gasteiger partial charge in [0.15, 0.2) is 17.5 Å². The Morgan fingerprint density at radius 1 is 0.649 bits per heavy atom. The number of ether oxygens (including phenoxy) is 3. The molecule has 0 aromatic heterocycles. The van der Waals surface area contributed by atoms with Crippen molar-refractivity contribution in [3.8, 4) is 11.1 Å². The average molecular weight is 523 g/mol. The minimum Gasteiger partial charge on any atom is -0.324 e. The molecule has 0 N–H and O–H groups in total. The van der Waals surface area contributed by atoms with Crippen molar-refractivity contribution in [2.75, 3.05) is 0 Å². The number of halogens is 3. The Bertz CT molecular complexity index is 892.